The highest BCUT2D eigenvalue weighted by atomic mass is 79.9. The molecule has 0 aliphatic heterocycles. The van der Waals surface area contributed by atoms with E-state index in [1.54, 1.807) is 12.1 Å². The Morgan fingerprint density at radius 3 is 2.72 bits per heavy atom. The Labute approximate surface area is 115 Å². The first-order valence-electron chi connectivity index (χ1n) is 6.31. The van der Waals surface area contributed by atoms with E-state index >= 15 is 0 Å². The minimum atomic E-state index is -0.564. The molecule has 2 rings (SSSR count). The van der Waals surface area contributed by atoms with Crippen LogP contribution in [0.25, 0.3) is 0 Å². The molecule has 1 saturated carbocycles. The topological polar surface area (TPSA) is 35.8 Å². The van der Waals surface area contributed by atoms with Gasteiger partial charge in [0.2, 0.25) is 0 Å². The Kier molecular flexibility index (Phi) is 4.73. The molecule has 0 heterocycles. The van der Waals surface area contributed by atoms with Crippen LogP contribution in [0.2, 0.25) is 0 Å². The molecule has 1 aliphatic carbocycles. The first-order chi connectivity index (χ1) is 8.70. The second-order valence-electron chi connectivity index (χ2n) is 4.73. The molecule has 4 heteroatoms. The van der Waals surface area contributed by atoms with Crippen molar-refractivity contribution in [1.82, 2.24) is 5.32 Å². The molecular formula is C14H16BrFN2. The van der Waals surface area contributed by atoms with Crippen molar-refractivity contribution in [3.8, 4) is 6.07 Å². The van der Waals surface area contributed by atoms with Gasteiger partial charge in [-0.3, -0.25) is 5.32 Å². The van der Waals surface area contributed by atoms with Crippen LogP contribution in [0, 0.1) is 17.1 Å². The first-order valence-corrected chi connectivity index (χ1v) is 7.10. The van der Waals surface area contributed by atoms with Crippen LogP contribution in [-0.4, -0.2) is 6.04 Å². The van der Waals surface area contributed by atoms with Crippen molar-refractivity contribution in [2.75, 3.05) is 0 Å². The van der Waals surface area contributed by atoms with Gasteiger partial charge in [0.05, 0.1) is 6.07 Å². The lowest BCUT2D eigenvalue weighted by molar-refractivity contribution is 0.357. The molecule has 1 aliphatic rings. The van der Waals surface area contributed by atoms with Crippen molar-refractivity contribution in [3.63, 3.8) is 0 Å². The predicted octanol–water partition coefficient (Wildman–Crippen LogP) is 4.08. The fourth-order valence-electron chi connectivity index (χ4n) is 2.44. The van der Waals surface area contributed by atoms with Gasteiger partial charge in [0.25, 0.3) is 0 Å². The summed E-state index contributed by atoms with van der Waals surface area (Å²) in [6.45, 7) is 0. The summed E-state index contributed by atoms with van der Waals surface area (Å²) < 4.78 is 14.5. The van der Waals surface area contributed by atoms with Crippen LogP contribution in [0.15, 0.2) is 22.7 Å². The molecule has 1 aromatic carbocycles. The number of halogens is 2. The second kappa shape index (κ2) is 6.31. The highest BCUT2D eigenvalue weighted by Crippen LogP contribution is 2.25. The molecule has 1 unspecified atom stereocenters. The molecule has 0 bridgehead atoms. The average Bonchev–Trinajstić information content (AvgIpc) is 2.40. The zero-order valence-corrected chi connectivity index (χ0v) is 11.7. The molecule has 0 amide bonds. The van der Waals surface area contributed by atoms with E-state index in [0.29, 0.717) is 11.6 Å². The van der Waals surface area contributed by atoms with Crippen molar-refractivity contribution in [2.24, 2.45) is 0 Å². The van der Waals surface area contributed by atoms with E-state index in [0.717, 1.165) is 17.3 Å². The Bertz CT molecular complexity index is 450. The molecule has 0 saturated heterocycles. The number of hydrogen-bond donors (Lipinski definition) is 1. The number of hydrogen-bond acceptors (Lipinski definition) is 2. The lowest BCUT2D eigenvalue weighted by atomic mass is 9.94. The van der Waals surface area contributed by atoms with E-state index in [1.165, 1.54) is 25.3 Å². The lowest BCUT2D eigenvalue weighted by Crippen LogP contribution is -2.34. The molecule has 1 fully saturated rings. The zero-order chi connectivity index (χ0) is 13.0. The maximum atomic E-state index is 13.7. The maximum Gasteiger partial charge on any atom is 0.129 e. The second-order valence-corrected chi connectivity index (χ2v) is 5.65. The van der Waals surface area contributed by atoms with Gasteiger partial charge in [-0.05, 0) is 31.0 Å². The Morgan fingerprint density at radius 1 is 1.33 bits per heavy atom. The molecule has 96 valence electrons. The van der Waals surface area contributed by atoms with Crippen molar-refractivity contribution in [3.05, 3.63) is 34.1 Å². The van der Waals surface area contributed by atoms with Gasteiger partial charge in [0.1, 0.15) is 11.9 Å². The number of nitrogens with one attached hydrogen (secondary N) is 1. The first kappa shape index (κ1) is 13.5. The van der Waals surface area contributed by atoms with Gasteiger partial charge >= 0.3 is 0 Å². The summed E-state index contributed by atoms with van der Waals surface area (Å²) in [5, 5.41) is 12.5. The van der Waals surface area contributed by atoms with Gasteiger partial charge in [-0.25, -0.2) is 4.39 Å². The molecule has 1 N–H and O–H groups in total. The highest BCUT2D eigenvalue weighted by Gasteiger charge is 2.21. The third-order valence-electron chi connectivity index (χ3n) is 3.41. The molecule has 2 nitrogen and oxygen atoms in total. The zero-order valence-electron chi connectivity index (χ0n) is 10.1. The highest BCUT2D eigenvalue weighted by molar-refractivity contribution is 9.10. The average molecular weight is 311 g/mol. The monoisotopic (exact) mass is 310 g/mol. The lowest BCUT2D eigenvalue weighted by Gasteiger charge is -2.25. The van der Waals surface area contributed by atoms with Crippen LogP contribution in [-0.2, 0) is 0 Å². The summed E-state index contributed by atoms with van der Waals surface area (Å²) in [5.74, 6) is -0.326. The smallest absolute Gasteiger partial charge is 0.129 e. The Hall–Kier alpha value is -0.920. The van der Waals surface area contributed by atoms with Gasteiger partial charge in [-0.15, -0.1) is 0 Å². The molecule has 1 aromatic rings. The van der Waals surface area contributed by atoms with E-state index in [-0.39, 0.29) is 5.82 Å². The molecule has 18 heavy (non-hydrogen) atoms. The fourth-order valence-corrected chi connectivity index (χ4v) is 2.82. The summed E-state index contributed by atoms with van der Waals surface area (Å²) in [6, 6.07) is 6.65. The van der Waals surface area contributed by atoms with E-state index in [9.17, 15) is 9.65 Å². The largest absolute Gasteiger partial charge is 0.295 e. The Balaban J connectivity index is 2.12. The third-order valence-corrected chi connectivity index (χ3v) is 3.90. The summed E-state index contributed by atoms with van der Waals surface area (Å²) >= 11 is 3.32. The van der Waals surface area contributed by atoms with Gasteiger partial charge in [-0.1, -0.05) is 35.2 Å². The van der Waals surface area contributed by atoms with Gasteiger partial charge in [0.15, 0.2) is 0 Å². The number of benzene rings is 1. The van der Waals surface area contributed by atoms with Gasteiger partial charge in [-0.2, -0.15) is 5.26 Å². The molecule has 0 spiro atoms. The molecule has 0 radical (unpaired) electrons. The SMILES string of the molecule is N#CC(NC1CCCCC1)c1cc(Br)ccc1F. The van der Waals surface area contributed by atoms with Crippen molar-refractivity contribution in [1.29, 1.82) is 5.26 Å². The minimum absolute atomic E-state index is 0.326. The van der Waals surface area contributed by atoms with Crippen LogP contribution >= 0.6 is 15.9 Å². The third kappa shape index (κ3) is 3.30. The summed E-state index contributed by atoms with van der Waals surface area (Å²) in [4.78, 5) is 0. The molecular weight excluding hydrogens is 295 g/mol. The number of rotatable bonds is 3. The van der Waals surface area contributed by atoms with E-state index in [1.807, 2.05) is 0 Å². The quantitative estimate of drug-likeness (QED) is 0.913. The van der Waals surface area contributed by atoms with E-state index < -0.39 is 6.04 Å². The normalized spacial score (nSPS) is 18.3. The fraction of sp³-hybridized carbons (Fsp3) is 0.500. The summed E-state index contributed by atoms with van der Waals surface area (Å²) in [6.07, 6.45) is 5.80. The standard InChI is InChI=1S/C14H16BrFN2/c15-10-6-7-13(16)12(8-10)14(9-17)18-11-4-2-1-3-5-11/h6-8,11,14,18H,1-5H2. The van der Waals surface area contributed by atoms with Crippen LogP contribution in [0.3, 0.4) is 0 Å². The number of nitriles is 1. The van der Waals surface area contributed by atoms with Crippen molar-refractivity contribution < 1.29 is 4.39 Å². The van der Waals surface area contributed by atoms with Crippen LogP contribution < -0.4 is 5.32 Å². The van der Waals surface area contributed by atoms with Gasteiger partial charge < -0.3 is 0 Å². The minimum Gasteiger partial charge on any atom is -0.295 e. The maximum absolute atomic E-state index is 13.7. The van der Waals surface area contributed by atoms with E-state index in [4.69, 9.17) is 0 Å². The molecule has 0 aromatic heterocycles. The van der Waals surface area contributed by atoms with Crippen LogP contribution in [0.4, 0.5) is 4.39 Å². The van der Waals surface area contributed by atoms with Crippen molar-refractivity contribution >= 4 is 15.9 Å². The van der Waals surface area contributed by atoms with Gasteiger partial charge in [0, 0.05) is 16.1 Å². The Morgan fingerprint density at radius 2 is 2.06 bits per heavy atom. The van der Waals surface area contributed by atoms with Crippen LogP contribution in [0.5, 0.6) is 0 Å². The predicted molar refractivity (Wildman–Crippen MR) is 72.5 cm³/mol. The summed E-state index contributed by atoms with van der Waals surface area (Å²) in [7, 11) is 0. The molecule has 1 atom stereocenters. The summed E-state index contributed by atoms with van der Waals surface area (Å²) in [5.41, 5.74) is 0.428. The van der Waals surface area contributed by atoms with Crippen molar-refractivity contribution in [2.45, 2.75) is 44.2 Å². The van der Waals surface area contributed by atoms with Crippen LogP contribution in [0.1, 0.15) is 43.7 Å². The number of nitrogens with zero attached hydrogens (tertiary/aromatic N) is 1. The van der Waals surface area contributed by atoms with E-state index in [2.05, 4.69) is 27.3 Å².